The van der Waals surface area contributed by atoms with E-state index >= 15 is 0 Å². The Labute approximate surface area is 163 Å². The molecule has 27 heavy (non-hydrogen) atoms. The van der Waals surface area contributed by atoms with Gasteiger partial charge in [0.25, 0.3) is 0 Å². The number of hydrogen-bond donors (Lipinski definition) is 1. The van der Waals surface area contributed by atoms with Gasteiger partial charge in [0.1, 0.15) is 12.4 Å². The van der Waals surface area contributed by atoms with Crippen molar-refractivity contribution in [3.05, 3.63) is 65.1 Å². The van der Waals surface area contributed by atoms with E-state index in [4.69, 9.17) is 0 Å². The second-order valence-electron chi connectivity index (χ2n) is 7.74. The number of aliphatic carboxylic acids is 1. The molecule has 0 unspecified atom stereocenters. The van der Waals surface area contributed by atoms with Crippen LogP contribution in [0.25, 0.3) is 10.9 Å². The molecule has 0 aliphatic rings. The molecule has 0 aliphatic heterocycles. The van der Waals surface area contributed by atoms with E-state index in [1.807, 2.05) is 18.7 Å². The van der Waals surface area contributed by atoms with Gasteiger partial charge < -0.3 is 9.67 Å². The Kier molecular flexibility index (Phi) is 5.33. The molecule has 5 heteroatoms. The Morgan fingerprint density at radius 1 is 1.15 bits per heavy atom. The number of carboxylic acid groups (broad SMARTS) is 1. The lowest BCUT2D eigenvalue weighted by molar-refractivity contribution is -0.137. The van der Waals surface area contributed by atoms with Crippen molar-refractivity contribution in [3.8, 4) is 0 Å². The average Bonchev–Trinajstić information content (AvgIpc) is 2.80. The number of hydrogen-bond acceptors (Lipinski definition) is 2. The number of fused-ring (bicyclic) bond motifs is 1. The molecule has 3 rings (SSSR count). The van der Waals surface area contributed by atoms with Crippen molar-refractivity contribution >= 4 is 28.6 Å². The Hall–Kier alpha value is -2.27. The minimum absolute atomic E-state index is 0.130. The molecule has 3 nitrogen and oxygen atoms in total. The van der Waals surface area contributed by atoms with Crippen LogP contribution < -0.4 is 0 Å². The molecular formula is C22H24FNO2S. The van der Waals surface area contributed by atoms with Gasteiger partial charge in [-0.2, -0.15) is 0 Å². The van der Waals surface area contributed by atoms with Crippen molar-refractivity contribution in [2.45, 2.75) is 50.3 Å². The third-order valence-corrected chi connectivity index (χ3v) is 5.56. The van der Waals surface area contributed by atoms with E-state index in [9.17, 15) is 14.3 Å². The molecule has 0 saturated heterocycles. The van der Waals surface area contributed by atoms with Gasteiger partial charge in [-0.15, -0.1) is 11.8 Å². The van der Waals surface area contributed by atoms with E-state index in [0.717, 1.165) is 27.7 Å². The lowest BCUT2D eigenvalue weighted by Crippen LogP contribution is -2.10. The average molecular weight is 386 g/mol. The Bertz CT molecular complexity index is 984. The van der Waals surface area contributed by atoms with Crippen molar-refractivity contribution in [2.75, 3.05) is 0 Å². The number of benzene rings is 2. The summed E-state index contributed by atoms with van der Waals surface area (Å²) >= 11 is 1.82. The number of halogens is 1. The van der Waals surface area contributed by atoms with Gasteiger partial charge in [0.05, 0.1) is 0 Å². The van der Waals surface area contributed by atoms with Gasteiger partial charge >= 0.3 is 5.97 Å². The molecule has 0 bridgehead atoms. The smallest absolute Gasteiger partial charge is 0.323 e. The summed E-state index contributed by atoms with van der Waals surface area (Å²) in [6.07, 6.45) is 0.638. The summed E-state index contributed by atoms with van der Waals surface area (Å²) in [5, 5.41) is 10.0. The number of nitrogens with zero attached hydrogens (tertiary/aromatic N) is 1. The molecule has 1 heterocycles. The molecule has 0 atom stereocenters. The first-order valence-corrected chi connectivity index (χ1v) is 9.72. The van der Waals surface area contributed by atoms with E-state index in [-0.39, 0.29) is 17.1 Å². The van der Waals surface area contributed by atoms with Gasteiger partial charge in [-0.3, -0.25) is 4.79 Å². The van der Waals surface area contributed by atoms with Crippen LogP contribution in [0.4, 0.5) is 4.39 Å². The fraction of sp³-hybridized carbons (Fsp3) is 0.318. The first kappa shape index (κ1) is 19.5. The van der Waals surface area contributed by atoms with Crippen molar-refractivity contribution in [1.29, 1.82) is 0 Å². The summed E-state index contributed by atoms with van der Waals surface area (Å²) < 4.78 is 15.7. The number of aromatic nitrogens is 1. The van der Waals surface area contributed by atoms with E-state index in [2.05, 4.69) is 45.0 Å². The predicted octanol–water partition coefficient (Wildman–Crippen LogP) is 5.65. The van der Waals surface area contributed by atoms with Gasteiger partial charge in [-0.25, -0.2) is 4.39 Å². The number of carboxylic acids is 1. The van der Waals surface area contributed by atoms with Crippen LogP contribution in [-0.2, 0) is 17.8 Å². The Morgan fingerprint density at radius 3 is 2.41 bits per heavy atom. The van der Waals surface area contributed by atoms with Crippen molar-refractivity contribution in [1.82, 2.24) is 4.57 Å². The highest BCUT2D eigenvalue weighted by Gasteiger charge is 2.17. The van der Waals surface area contributed by atoms with E-state index < -0.39 is 5.97 Å². The molecule has 1 N–H and O–H groups in total. The fourth-order valence-electron chi connectivity index (χ4n) is 3.32. The Morgan fingerprint density at radius 2 is 1.81 bits per heavy atom. The zero-order valence-electron chi connectivity index (χ0n) is 16.0. The van der Waals surface area contributed by atoms with E-state index in [1.165, 1.54) is 17.0 Å². The maximum Gasteiger partial charge on any atom is 0.323 e. The third kappa shape index (κ3) is 4.53. The molecule has 2 aromatic carbocycles. The normalized spacial score (nSPS) is 11.9. The largest absolute Gasteiger partial charge is 0.480 e. The molecule has 1 aromatic heterocycles. The lowest BCUT2D eigenvalue weighted by Gasteiger charge is -2.17. The van der Waals surface area contributed by atoms with Crippen LogP contribution in [0.3, 0.4) is 0 Å². The van der Waals surface area contributed by atoms with Crippen LogP contribution >= 0.6 is 11.8 Å². The van der Waals surface area contributed by atoms with Gasteiger partial charge in [0.15, 0.2) is 0 Å². The van der Waals surface area contributed by atoms with Crippen molar-refractivity contribution in [3.63, 3.8) is 0 Å². The van der Waals surface area contributed by atoms with E-state index in [0.29, 0.717) is 6.42 Å². The van der Waals surface area contributed by atoms with Crippen LogP contribution in [-0.4, -0.2) is 20.4 Å². The summed E-state index contributed by atoms with van der Waals surface area (Å²) in [6, 6.07) is 12.9. The summed E-state index contributed by atoms with van der Waals surface area (Å²) in [7, 11) is 0. The van der Waals surface area contributed by atoms with Gasteiger partial charge in [0, 0.05) is 26.2 Å². The van der Waals surface area contributed by atoms with Crippen LogP contribution in [0.1, 0.15) is 37.6 Å². The number of thioether (sulfide) groups is 1. The molecule has 0 fully saturated rings. The first-order chi connectivity index (χ1) is 12.6. The zero-order chi connectivity index (χ0) is 19.8. The third-order valence-electron chi connectivity index (χ3n) is 4.44. The van der Waals surface area contributed by atoms with Crippen molar-refractivity contribution in [2.24, 2.45) is 0 Å². The summed E-state index contributed by atoms with van der Waals surface area (Å²) in [4.78, 5) is 12.5. The summed E-state index contributed by atoms with van der Waals surface area (Å²) in [6.45, 7) is 8.32. The SMILES string of the molecule is Cc1c(Cc2ccc(SC(C)(C)C)cc2)c2cc(F)ccc2n1CC(=O)O. The highest BCUT2D eigenvalue weighted by atomic mass is 32.2. The zero-order valence-corrected chi connectivity index (χ0v) is 16.9. The molecule has 142 valence electrons. The quantitative estimate of drug-likeness (QED) is 0.577. The van der Waals surface area contributed by atoms with Gasteiger partial charge in [0.2, 0.25) is 0 Å². The minimum atomic E-state index is -0.908. The van der Waals surface area contributed by atoms with Crippen LogP contribution in [0.2, 0.25) is 0 Å². The molecule has 3 aromatic rings. The summed E-state index contributed by atoms with van der Waals surface area (Å²) in [5.74, 6) is -1.22. The standard InChI is InChI=1S/C22H24FNO2S/c1-14-18(11-15-5-8-17(9-6-15)27-22(2,3)4)19-12-16(23)7-10-20(19)24(14)13-21(25)26/h5-10,12H,11,13H2,1-4H3,(H,25,26). The molecule has 0 spiro atoms. The van der Waals surface area contributed by atoms with E-state index in [1.54, 1.807) is 10.6 Å². The maximum atomic E-state index is 13.8. The Balaban J connectivity index is 1.98. The van der Waals surface area contributed by atoms with Crippen LogP contribution in [0.15, 0.2) is 47.4 Å². The minimum Gasteiger partial charge on any atom is -0.480 e. The fourth-order valence-corrected chi connectivity index (χ4v) is 4.30. The summed E-state index contributed by atoms with van der Waals surface area (Å²) in [5.41, 5.74) is 3.72. The molecular weight excluding hydrogens is 361 g/mol. The monoisotopic (exact) mass is 385 g/mol. The van der Waals surface area contributed by atoms with Crippen LogP contribution in [0, 0.1) is 12.7 Å². The molecule has 0 radical (unpaired) electrons. The van der Waals surface area contributed by atoms with Gasteiger partial charge in [-0.1, -0.05) is 32.9 Å². The highest BCUT2D eigenvalue weighted by Crippen LogP contribution is 2.33. The topological polar surface area (TPSA) is 42.2 Å². The first-order valence-electron chi connectivity index (χ1n) is 8.91. The van der Waals surface area contributed by atoms with Crippen molar-refractivity contribution < 1.29 is 14.3 Å². The predicted molar refractivity (Wildman–Crippen MR) is 109 cm³/mol. The number of carbonyl (C=O) groups is 1. The van der Waals surface area contributed by atoms with Gasteiger partial charge in [-0.05, 0) is 54.8 Å². The molecule has 0 saturated carbocycles. The second-order valence-corrected chi connectivity index (χ2v) is 9.64. The number of rotatable bonds is 5. The lowest BCUT2D eigenvalue weighted by atomic mass is 10.0. The highest BCUT2D eigenvalue weighted by molar-refractivity contribution is 8.00. The maximum absolute atomic E-state index is 13.8. The molecule has 0 amide bonds. The second kappa shape index (κ2) is 7.39. The van der Waals surface area contributed by atoms with Crippen LogP contribution in [0.5, 0.6) is 0 Å². The molecule has 0 aliphatic carbocycles.